The Morgan fingerprint density at radius 1 is 0.694 bits per heavy atom. The number of hydrogen-bond donors (Lipinski definition) is 0. The van der Waals surface area contributed by atoms with Gasteiger partial charge >= 0.3 is 0 Å². The van der Waals surface area contributed by atoms with Crippen LogP contribution in [0.15, 0.2) is 91.1 Å². The highest BCUT2D eigenvalue weighted by atomic mass is 14.9. The van der Waals surface area contributed by atoms with Gasteiger partial charge in [0.1, 0.15) is 15.7 Å². The molecule has 0 unspecified atom stereocenters. The van der Waals surface area contributed by atoms with Crippen LogP contribution in [-0.2, 0) is 5.21 Å². The van der Waals surface area contributed by atoms with Crippen LogP contribution in [0.3, 0.4) is 0 Å². The van der Waals surface area contributed by atoms with Gasteiger partial charge in [-0.05, 0) is 46.5 Å². The third kappa shape index (κ3) is 2.79. The number of aromatic nitrogens is 2. The fraction of sp³-hybridized carbons (Fsp3) is 0.156. The predicted molar refractivity (Wildman–Crippen MR) is 160 cm³/mol. The number of benzene rings is 4. The molecule has 0 spiro atoms. The molecule has 7 rings (SSSR count). The third-order valence-electron chi connectivity index (χ3n) is 8.86. The first-order valence-electron chi connectivity index (χ1n) is 12.8. The molecule has 0 fully saturated rings. The molecule has 0 saturated heterocycles. The van der Waals surface area contributed by atoms with Gasteiger partial charge in [0, 0.05) is 33.3 Å². The standard InChI is InChI=1S/C32H28B2N2/c1-31(2,3)32(33,34)21-15-16-35-26(18-21)20-12-11-19-13-14-28-29(25(19)17-20)24-9-6-8-23-22-7-4-5-10-27(22)36(28)30(23)24/h4-18H,33-34H2,1-3H3. The van der Waals surface area contributed by atoms with Crippen LogP contribution in [0, 0.1) is 5.41 Å². The summed E-state index contributed by atoms with van der Waals surface area (Å²) in [6.07, 6.45) is 1.97. The van der Waals surface area contributed by atoms with Crippen molar-refractivity contribution in [3.63, 3.8) is 0 Å². The van der Waals surface area contributed by atoms with Crippen LogP contribution >= 0.6 is 0 Å². The highest BCUT2D eigenvalue weighted by Crippen LogP contribution is 2.42. The Balaban J connectivity index is 1.52. The van der Waals surface area contributed by atoms with Gasteiger partial charge in [-0.1, -0.05) is 86.1 Å². The molecule has 4 heteroatoms. The fourth-order valence-electron chi connectivity index (χ4n) is 5.82. The van der Waals surface area contributed by atoms with Gasteiger partial charge in [-0.25, -0.2) is 0 Å². The molecule has 4 aromatic carbocycles. The maximum absolute atomic E-state index is 4.81. The summed E-state index contributed by atoms with van der Waals surface area (Å²) in [6, 6.07) is 31.3. The molecule has 0 atom stereocenters. The first-order valence-corrected chi connectivity index (χ1v) is 12.8. The molecule has 3 heterocycles. The summed E-state index contributed by atoms with van der Waals surface area (Å²) in [6.45, 7) is 6.93. The van der Waals surface area contributed by atoms with Crippen molar-refractivity contribution in [1.82, 2.24) is 9.38 Å². The zero-order valence-electron chi connectivity index (χ0n) is 21.6. The number of hydrogen-bond acceptors (Lipinski definition) is 1. The lowest BCUT2D eigenvalue weighted by molar-refractivity contribution is 0.358. The van der Waals surface area contributed by atoms with E-state index in [1.54, 1.807) is 0 Å². The normalized spacial score (nSPS) is 13.1. The largest absolute Gasteiger partial charge is 0.308 e. The number of fused-ring (bicyclic) bond motifs is 8. The molecule has 0 aliphatic rings. The lowest BCUT2D eigenvalue weighted by atomic mass is 9.41. The molecule has 0 N–H and O–H groups in total. The van der Waals surface area contributed by atoms with Gasteiger partial charge in [-0.15, -0.1) is 0 Å². The van der Waals surface area contributed by atoms with Crippen LogP contribution in [0.5, 0.6) is 0 Å². The van der Waals surface area contributed by atoms with E-state index in [1.807, 2.05) is 6.20 Å². The number of para-hydroxylation sites is 2. The van der Waals surface area contributed by atoms with Crippen LogP contribution in [-0.4, -0.2) is 25.1 Å². The quantitative estimate of drug-likeness (QED) is 0.268. The molecule has 0 amide bonds. The lowest BCUT2D eigenvalue weighted by Gasteiger charge is -2.40. The van der Waals surface area contributed by atoms with E-state index in [0.717, 1.165) is 11.3 Å². The van der Waals surface area contributed by atoms with E-state index < -0.39 is 0 Å². The third-order valence-corrected chi connectivity index (χ3v) is 8.86. The van der Waals surface area contributed by atoms with Gasteiger partial charge < -0.3 is 4.40 Å². The van der Waals surface area contributed by atoms with Crippen molar-refractivity contribution in [2.75, 3.05) is 0 Å². The van der Waals surface area contributed by atoms with Gasteiger partial charge in [-0.2, -0.15) is 0 Å². The van der Waals surface area contributed by atoms with Crippen molar-refractivity contribution >= 4 is 64.6 Å². The molecule has 0 saturated carbocycles. The Morgan fingerprint density at radius 3 is 2.28 bits per heavy atom. The van der Waals surface area contributed by atoms with E-state index in [0.29, 0.717) is 0 Å². The molecule has 7 aromatic rings. The van der Waals surface area contributed by atoms with Crippen molar-refractivity contribution in [1.29, 1.82) is 0 Å². The monoisotopic (exact) mass is 462 g/mol. The molecule has 3 aromatic heterocycles. The second-order valence-electron chi connectivity index (χ2n) is 11.8. The van der Waals surface area contributed by atoms with Gasteiger partial charge in [-0.3, -0.25) is 4.98 Å². The Kier molecular flexibility index (Phi) is 4.26. The first kappa shape index (κ1) is 21.5. The van der Waals surface area contributed by atoms with Crippen molar-refractivity contribution < 1.29 is 0 Å². The minimum atomic E-state index is 0.0308. The second kappa shape index (κ2) is 7.13. The summed E-state index contributed by atoms with van der Waals surface area (Å²) in [5.74, 6) is 0. The van der Waals surface area contributed by atoms with Crippen molar-refractivity contribution in [3.8, 4) is 11.3 Å². The molecular weight excluding hydrogens is 434 g/mol. The zero-order valence-corrected chi connectivity index (χ0v) is 21.6. The number of rotatable bonds is 2. The van der Waals surface area contributed by atoms with E-state index in [2.05, 4.69) is 126 Å². The highest BCUT2D eigenvalue weighted by molar-refractivity contribution is 6.40. The van der Waals surface area contributed by atoms with E-state index in [1.165, 1.54) is 54.4 Å². The molecule has 172 valence electrons. The molecule has 0 aliphatic carbocycles. The van der Waals surface area contributed by atoms with Crippen LogP contribution in [0.4, 0.5) is 0 Å². The van der Waals surface area contributed by atoms with Crippen LogP contribution in [0.1, 0.15) is 26.3 Å². The van der Waals surface area contributed by atoms with E-state index in [9.17, 15) is 0 Å². The van der Waals surface area contributed by atoms with Crippen LogP contribution in [0.2, 0.25) is 0 Å². The zero-order chi connectivity index (χ0) is 24.8. The molecule has 36 heavy (non-hydrogen) atoms. The van der Waals surface area contributed by atoms with Gasteiger partial charge in [0.15, 0.2) is 0 Å². The van der Waals surface area contributed by atoms with E-state index in [-0.39, 0.29) is 10.6 Å². The second-order valence-corrected chi connectivity index (χ2v) is 11.8. The Labute approximate surface area is 213 Å². The van der Waals surface area contributed by atoms with E-state index >= 15 is 0 Å². The number of nitrogens with zero attached hydrogens (tertiary/aromatic N) is 2. The average molecular weight is 462 g/mol. The maximum Gasteiger partial charge on any atom is 0.105 e. The molecular formula is C32H28B2N2. The lowest BCUT2D eigenvalue weighted by Crippen LogP contribution is -2.41. The summed E-state index contributed by atoms with van der Waals surface area (Å²) in [5.41, 5.74) is 7.52. The predicted octanol–water partition coefficient (Wildman–Crippen LogP) is 6.52. The van der Waals surface area contributed by atoms with Crippen molar-refractivity contribution in [2.45, 2.75) is 26.0 Å². The maximum atomic E-state index is 4.81. The summed E-state index contributed by atoms with van der Waals surface area (Å²) in [7, 11) is 4.66. The summed E-state index contributed by atoms with van der Waals surface area (Å²) in [5, 5.41) is 7.86. The number of pyridine rings is 1. The average Bonchev–Trinajstić information content (AvgIpc) is 3.40. The first-order chi connectivity index (χ1) is 17.3. The van der Waals surface area contributed by atoms with Gasteiger partial charge in [0.2, 0.25) is 0 Å². The smallest absolute Gasteiger partial charge is 0.105 e. The van der Waals surface area contributed by atoms with Crippen molar-refractivity contribution in [3.05, 3.63) is 96.7 Å². The topological polar surface area (TPSA) is 17.3 Å². The van der Waals surface area contributed by atoms with E-state index in [4.69, 9.17) is 4.98 Å². The summed E-state index contributed by atoms with van der Waals surface area (Å²) in [4.78, 5) is 4.81. The molecule has 2 nitrogen and oxygen atoms in total. The van der Waals surface area contributed by atoms with Crippen LogP contribution < -0.4 is 0 Å². The summed E-state index contributed by atoms with van der Waals surface area (Å²) < 4.78 is 2.45. The molecule has 0 radical (unpaired) electrons. The van der Waals surface area contributed by atoms with Crippen molar-refractivity contribution in [2.24, 2.45) is 5.41 Å². The Morgan fingerprint density at radius 2 is 1.44 bits per heavy atom. The minimum absolute atomic E-state index is 0.0308. The SMILES string of the molecule is BC(B)(c1ccnc(-c2ccc3ccc4c(c3c2)c2cccc3c5ccccc5n4c32)c1)C(C)(C)C. The molecule has 0 bridgehead atoms. The summed E-state index contributed by atoms with van der Waals surface area (Å²) >= 11 is 0. The minimum Gasteiger partial charge on any atom is -0.308 e. The highest BCUT2D eigenvalue weighted by Gasteiger charge is 2.34. The van der Waals surface area contributed by atoms with Crippen LogP contribution in [0.25, 0.3) is 60.1 Å². The van der Waals surface area contributed by atoms with Gasteiger partial charge in [0.05, 0.1) is 22.2 Å². The fourth-order valence-corrected chi connectivity index (χ4v) is 5.82. The molecule has 0 aliphatic heterocycles. The Bertz CT molecular complexity index is 1960. The Hall–Kier alpha value is -3.78. The van der Waals surface area contributed by atoms with Gasteiger partial charge in [0.25, 0.3) is 0 Å².